The van der Waals surface area contributed by atoms with Crippen LogP contribution in [0.15, 0.2) is 42.0 Å². The summed E-state index contributed by atoms with van der Waals surface area (Å²) >= 11 is 8.21. The summed E-state index contributed by atoms with van der Waals surface area (Å²) in [5, 5.41) is 12.5. The fourth-order valence-electron chi connectivity index (χ4n) is 2.35. The van der Waals surface area contributed by atoms with E-state index in [-0.39, 0.29) is 11.7 Å². The molecule has 146 valence electrons. The number of anilines is 1. The van der Waals surface area contributed by atoms with Crippen LogP contribution in [0.1, 0.15) is 26.3 Å². The third-order valence-corrected chi connectivity index (χ3v) is 4.61. The molecule has 0 unspecified atom stereocenters. The van der Waals surface area contributed by atoms with Gasteiger partial charge in [-0.2, -0.15) is 5.26 Å². The first-order valence-electron chi connectivity index (χ1n) is 8.66. The van der Waals surface area contributed by atoms with Gasteiger partial charge < -0.3 is 14.8 Å². The van der Waals surface area contributed by atoms with E-state index in [1.807, 2.05) is 32.9 Å². The Labute approximate surface area is 183 Å². The third kappa shape index (κ3) is 5.88. The molecule has 7 heteroatoms. The fourth-order valence-corrected chi connectivity index (χ4v) is 3.29. The van der Waals surface area contributed by atoms with Crippen LogP contribution in [0.5, 0.6) is 11.5 Å². The first-order chi connectivity index (χ1) is 13.3. The molecule has 0 radical (unpaired) electrons. The van der Waals surface area contributed by atoms with Gasteiger partial charge >= 0.3 is 0 Å². The van der Waals surface area contributed by atoms with Crippen LogP contribution < -0.4 is 14.8 Å². The molecule has 5 nitrogen and oxygen atoms in total. The summed E-state index contributed by atoms with van der Waals surface area (Å²) in [5.74, 6) is 0.679. The lowest BCUT2D eigenvalue weighted by Gasteiger charge is -2.17. The normalized spacial score (nSPS) is 11.1. The Balaban J connectivity index is 2.36. The van der Waals surface area contributed by atoms with E-state index in [0.717, 1.165) is 3.57 Å². The van der Waals surface area contributed by atoms with Gasteiger partial charge in [-0.3, -0.25) is 4.79 Å². The Morgan fingerprint density at radius 1 is 1.36 bits per heavy atom. The van der Waals surface area contributed by atoms with Crippen LogP contribution >= 0.6 is 34.2 Å². The lowest BCUT2D eigenvalue weighted by molar-refractivity contribution is -0.112. The van der Waals surface area contributed by atoms with Crippen LogP contribution in [-0.4, -0.2) is 18.6 Å². The minimum atomic E-state index is -0.536. The summed E-state index contributed by atoms with van der Waals surface area (Å²) in [6.07, 6.45) is 1.50. The van der Waals surface area contributed by atoms with Crippen molar-refractivity contribution in [2.75, 3.05) is 11.9 Å². The van der Waals surface area contributed by atoms with E-state index in [4.69, 9.17) is 21.1 Å². The summed E-state index contributed by atoms with van der Waals surface area (Å²) in [7, 11) is 0. The predicted molar refractivity (Wildman–Crippen MR) is 120 cm³/mol. The number of hydrogen-bond acceptors (Lipinski definition) is 4. The summed E-state index contributed by atoms with van der Waals surface area (Å²) in [6.45, 7) is 6.22. The molecule has 0 aromatic heterocycles. The van der Waals surface area contributed by atoms with Gasteiger partial charge in [0, 0.05) is 0 Å². The van der Waals surface area contributed by atoms with E-state index in [1.54, 1.807) is 30.3 Å². The standard InChI is InChI=1S/C21H20ClIN2O3/c1-4-27-19-11-14(10-17(23)20(19)28-13(2)3)9-15(12-24)21(26)25-18-8-6-5-7-16(18)22/h5-11,13H,4H2,1-3H3,(H,25,26)/b15-9+. The Morgan fingerprint density at radius 2 is 2.07 bits per heavy atom. The first kappa shape index (κ1) is 22.1. The maximum Gasteiger partial charge on any atom is 0.266 e. The van der Waals surface area contributed by atoms with Crippen LogP contribution in [0.4, 0.5) is 5.69 Å². The molecule has 0 fully saturated rings. The number of benzene rings is 2. The van der Waals surface area contributed by atoms with Crippen LogP contribution in [0.25, 0.3) is 6.08 Å². The lowest BCUT2D eigenvalue weighted by Crippen LogP contribution is -2.13. The van der Waals surface area contributed by atoms with Crippen molar-refractivity contribution < 1.29 is 14.3 Å². The van der Waals surface area contributed by atoms with Gasteiger partial charge in [-0.25, -0.2) is 0 Å². The van der Waals surface area contributed by atoms with Crippen molar-refractivity contribution in [3.63, 3.8) is 0 Å². The van der Waals surface area contributed by atoms with Crippen molar-refractivity contribution >= 4 is 51.9 Å². The van der Waals surface area contributed by atoms with E-state index in [1.165, 1.54) is 6.08 Å². The highest BCUT2D eigenvalue weighted by atomic mass is 127. The van der Waals surface area contributed by atoms with E-state index < -0.39 is 5.91 Å². The third-order valence-electron chi connectivity index (χ3n) is 3.48. The van der Waals surface area contributed by atoms with Gasteiger partial charge in [0.1, 0.15) is 11.6 Å². The van der Waals surface area contributed by atoms with Gasteiger partial charge in [-0.15, -0.1) is 0 Å². The summed E-state index contributed by atoms with van der Waals surface area (Å²) in [6, 6.07) is 12.4. The number of para-hydroxylation sites is 1. The fraction of sp³-hybridized carbons (Fsp3) is 0.238. The molecule has 0 saturated heterocycles. The molecule has 0 aliphatic rings. The average Bonchev–Trinajstić information content (AvgIpc) is 2.64. The quantitative estimate of drug-likeness (QED) is 0.296. The maximum atomic E-state index is 12.5. The molecule has 1 amide bonds. The minimum Gasteiger partial charge on any atom is -0.490 e. The number of nitrogens with zero attached hydrogens (tertiary/aromatic N) is 1. The van der Waals surface area contributed by atoms with Gasteiger partial charge in [0.15, 0.2) is 11.5 Å². The van der Waals surface area contributed by atoms with Crippen LogP contribution in [0.3, 0.4) is 0 Å². The highest BCUT2D eigenvalue weighted by Gasteiger charge is 2.15. The monoisotopic (exact) mass is 510 g/mol. The zero-order chi connectivity index (χ0) is 20.7. The second-order valence-electron chi connectivity index (χ2n) is 6.03. The van der Waals surface area contributed by atoms with E-state index >= 15 is 0 Å². The molecular formula is C21H20ClIN2O3. The zero-order valence-electron chi connectivity index (χ0n) is 15.8. The smallest absolute Gasteiger partial charge is 0.266 e. The van der Waals surface area contributed by atoms with Gasteiger partial charge in [0.2, 0.25) is 0 Å². The van der Waals surface area contributed by atoms with Crippen molar-refractivity contribution in [3.8, 4) is 17.6 Å². The number of nitrogens with one attached hydrogen (secondary N) is 1. The molecule has 0 saturated carbocycles. The number of ether oxygens (including phenoxy) is 2. The molecule has 2 aromatic carbocycles. The SMILES string of the molecule is CCOc1cc(/C=C(\C#N)C(=O)Nc2ccccc2Cl)cc(I)c1OC(C)C. The zero-order valence-corrected chi connectivity index (χ0v) is 18.7. The Morgan fingerprint density at radius 3 is 2.68 bits per heavy atom. The van der Waals surface area contributed by atoms with E-state index in [2.05, 4.69) is 27.9 Å². The van der Waals surface area contributed by atoms with Crippen LogP contribution in [0.2, 0.25) is 5.02 Å². The number of rotatable bonds is 7. The van der Waals surface area contributed by atoms with Crippen molar-refractivity contribution in [2.45, 2.75) is 26.9 Å². The molecule has 2 rings (SSSR count). The molecule has 28 heavy (non-hydrogen) atoms. The molecule has 0 heterocycles. The lowest BCUT2D eigenvalue weighted by atomic mass is 10.1. The average molecular weight is 511 g/mol. The summed E-state index contributed by atoms with van der Waals surface area (Å²) in [5.41, 5.74) is 1.06. The Bertz CT molecular complexity index is 936. The van der Waals surface area contributed by atoms with Crippen LogP contribution in [0, 0.1) is 14.9 Å². The summed E-state index contributed by atoms with van der Waals surface area (Å²) < 4.78 is 12.4. The molecular weight excluding hydrogens is 491 g/mol. The van der Waals surface area contributed by atoms with Crippen molar-refractivity contribution in [1.29, 1.82) is 5.26 Å². The largest absolute Gasteiger partial charge is 0.490 e. The molecule has 2 aromatic rings. The first-order valence-corrected chi connectivity index (χ1v) is 10.1. The number of halogens is 2. The number of carbonyl (C=O) groups excluding carboxylic acids is 1. The second kappa shape index (κ2) is 10.3. The maximum absolute atomic E-state index is 12.5. The molecule has 0 bridgehead atoms. The Hall–Kier alpha value is -2.24. The van der Waals surface area contributed by atoms with Gasteiger partial charge in [-0.05, 0) is 79.3 Å². The topological polar surface area (TPSA) is 71.3 Å². The number of hydrogen-bond donors (Lipinski definition) is 1. The second-order valence-corrected chi connectivity index (χ2v) is 7.60. The summed E-state index contributed by atoms with van der Waals surface area (Å²) in [4.78, 5) is 12.5. The molecule has 0 aliphatic carbocycles. The molecule has 0 spiro atoms. The minimum absolute atomic E-state index is 0.00909. The van der Waals surface area contributed by atoms with Crippen molar-refractivity contribution in [1.82, 2.24) is 0 Å². The van der Waals surface area contributed by atoms with Crippen molar-refractivity contribution in [2.24, 2.45) is 0 Å². The Kier molecular flexibility index (Phi) is 8.15. The van der Waals surface area contributed by atoms with Gasteiger partial charge in [0.05, 0.1) is 27.0 Å². The van der Waals surface area contributed by atoms with E-state index in [0.29, 0.717) is 34.4 Å². The van der Waals surface area contributed by atoms with Gasteiger partial charge in [0.25, 0.3) is 5.91 Å². The molecule has 0 atom stereocenters. The van der Waals surface area contributed by atoms with Crippen molar-refractivity contribution in [3.05, 3.63) is 56.1 Å². The highest BCUT2D eigenvalue weighted by Crippen LogP contribution is 2.35. The number of carbonyl (C=O) groups is 1. The van der Waals surface area contributed by atoms with Gasteiger partial charge in [-0.1, -0.05) is 23.7 Å². The molecule has 0 aliphatic heterocycles. The number of nitriles is 1. The highest BCUT2D eigenvalue weighted by molar-refractivity contribution is 14.1. The van der Waals surface area contributed by atoms with Crippen LogP contribution in [-0.2, 0) is 4.79 Å². The molecule has 1 N–H and O–H groups in total. The predicted octanol–water partition coefficient (Wildman–Crippen LogP) is 5.68. The number of amides is 1. The van der Waals surface area contributed by atoms with E-state index in [9.17, 15) is 10.1 Å².